The average Bonchev–Trinajstić information content (AvgIpc) is 1.98. The van der Waals surface area contributed by atoms with Crippen LogP contribution in [0.5, 0.6) is 0 Å². The number of amides is 1. The molecular weight excluding hydrogens is 130 g/mol. The lowest BCUT2D eigenvalue weighted by Crippen LogP contribution is -2.17. The molecule has 0 atom stereocenters. The highest BCUT2D eigenvalue weighted by atomic mass is 16.5. The molecule has 0 saturated carbocycles. The van der Waals surface area contributed by atoms with Crippen LogP contribution in [0.4, 0.5) is 0 Å². The summed E-state index contributed by atoms with van der Waals surface area (Å²) in [6, 6.07) is 0. The molecule has 0 bridgehead atoms. The van der Waals surface area contributed by atoms with Gasteiger partial charge in [0.15, 0.2) is 0 Å². The molecule has 0 aromatic carbocycles. The van der Waals surface area contributed by atoms with E-state index >= 15 is 0 Å². The van der Waals surface area contributed by atoms with Crippen molar-refractivity contribution in [2.45, 2.75) is 32.6 Å². The van der Waals surface area contributed by atoms with E-state index < -0.39 is 0 Å². The number of hydroxylamine groups is 2. The van der Waals surface area contributed by atoms with Gasteiger partial charge in [-0.1, -0.05) is 26.2 Å². The average molecular weight is 145 g/mol. The maximum absolute atomic E-state index is 9.84. The minimum absolute atomic E-state index is 0.436. The largest absolute Gasteiger partial charge is 0.286 e. The molecule has 10 heavy (non-hydrogen) atoms. The Morgan fingerprint density at radius 2 is 2.10 bits per heavy atom. The van der Waals surface area contributed by atoms with Gasteiger partial charge >= 0.3 is 0 Å². The summed E-state index contributed by atoms with van der Waals surface area (Å²) in [6.07, 6.45) is 4.76. The second-order valence-corrected chi connectivity index (χ2v) is 2.33. The third kappa shape index (κ3) is 5.56. The summed E-state index contributed by atoms with van der Waals surface area (Å²) in [5.74, 6) is 0. The highest BCUT2D eigenvalue weighted by Gasteiger charge is 1.93. The van der Waals surface area contributed by atoms with Crippen LogP contribution in [0.25, 0.3) is 0 Å². The Labute approximate surface area is 61.6 Å². The second-order valence-electron chi connectivity index (χ2n) is 2.33. The third-order valence-corrected chi connectivity index (χ3v) is 1.36. The zero-order valence-electron chi connectivity index (χ0n) is 6.42. The fraction of sp³-hybridized carbons (Fsp3) is 0.857. The number of nitrogens with zero attached hydrogens (tertiary/aromatic N) is 1. The summed E-state index contributed by atoms with van der Waals surface area (Å²) in [7, 11) is 0. The lowest BCUT2D eigenvalue weighted by Gasteiger charge is -2.06. The first-order chi connectivity index (χ1) is 4.81. The quantitative estimate of drug-likeness (QED) is 0.266. The Morgan fingerprint density at radius 1 is 1.40 bits per heavy atom. The summed E-state index contributed by atoms with van der Waals surface area (Å²) in [5.41, 5.74) is 0. The molecule has 0 aromatic heterocycles. The summed E-state index contributed by atoms with van der Waals surface area (Å²) >= 11 is 0. The van der Waals surface area contributed by atoms with Crippen molar-refractivity contribution in [1.82, 2.24) is 5.06 Å². The van der Waals surface area contributed by atoms with Gasteiger partial charge in [-0.15, -0.1) is 0 Å². The smallest absolute Gasteiger partial charge is 0.233 e. The van der Waals surface area contributed by atoms with E-state index in [1.165, 1.54) is 12.8 Å². The predicted molar refractivity (Wildman–Crippen MR) is 38.7 cm³/mol. The highest BCUT2D eigenvalue weighted by molar-refractivity contribution is 5.44. The molecule has 0 aliphatic rings. The second kappa shape index (κ2) is 6.55. The van der Waals surface area contributed by atoms with Crippen molar-refractivity contribution in [3.05, 3.63) is 0 Å². The normalized spacial score (nSPS) is 9.40. The van der Waals surface area contributed by atoms with Crippen LogP contribution in [-0.4, -0.2) is 23.2 Å². The van der Waals surface area contributed by atoms with Crippen molar-refractivity contribution in [2.24, 2.45) is 0 Å². The Hall–Kier alpha value is -0.570. The van der Waals surface area contributed by atoms with Crippen molar-refractivity contribution in [1.29, 1.82) is 0 Å². The molecule has 0 radical (unpaired) electrons. The van der Waals surface area contributed by atoms with Gasteiger partial charge in [0.1, 0.15) is 0 Å². The number of hydrogen-bond acceptors (Lipinski definition) is 2. The van der Waals surface area contributed by atoms with E-state index in [1.807, 2.05) is 0 Å². The van der Waals surface area contributed by atoms with Gasteiger partial charge < -0.3 is 0 Å². The molecule has 1 N–H and O–H groups in total. The fourth-order valence-corrected chi connectivity index (χ4v) is 0.753. The summed E-state index contributed by atoms with van der Waals surface area (Å²) in [5, 5.41) is 9.31. The number of hydrogen-bond donors (Lipinski definition) is 1. The molecule has 3 nitrogen and oxygen atoms in total. The zero-order chi connectivity index (χ0) is 7.82. The first kappa shape index (κ1) is 9.43. The van der Waals surface area contributed by atoms with Crippen LogP contribution in [-0.2, 0) is 4.79 Å². The molecule has 0 aliphatic carbocycles. The molecule has 0 unspecified atom stereocenters. The fourth-order valence-electron chi connectivity index (χ4n) is 0.753. The molecule has 0 aromatic rings. The Kier molecular flexibility index (Phi) is 6.18. The van der Waals surface area contributed by atoms with E-state index in [1.54, 1.807) is 0 Å². The monoisotopic (exact) mass is 145 g/mol. The molecule has 0 spiro atoms. The molecular formula is C7H15NO2. The van der Waals surface area contributed by atoms with E-state index in [9.17, 15) is 4.79 Å². The van der Waals surface area contributed by atoms with Crippen LogP contribution in [0, 0.1) is 0 Å². The Bertz CT molecular complexity index is 85.7. The van der Waals surface area contributed by atoms with Gasteiger partial charge in [-0.3, -0.25) is 10.0 Å². The van der Waals surface area contributed by atoms with E-state index in [0.29, 0.717) is 18.0 Å². The lowest BCUT2D eigenvalue weighted by molar-refractivity contribution is -0.149. The van der Waals surface area contributed by atoms with Gasteiger partial charge in [-0.05, 0) is 6.42 Å². The molecule has 1 amide bonds. The van der Waals surface area contributed by atoms with Crippen LogP contribution < -0.4 is 0 Å². The molecule has 60 valence electrons. The van der Waals surface area contributed by atoms with Crippen molar-refractivity contribution < 1.29 is 10.0 Å². The highest BCUT2D eigenvalue weighted by Crippen LogP contribution is 1.98. The molecule has 0 rings (SSSR count). The first-order valence-corrected chi connectivity index (χ1v) is 3.72. The minimum Gasteiger partial charge on any atom is -0.286 e. The number of unbranched alkanes of at least 4 members (excludes halogenated alkanes) is 3. The summed E-state index contributed by atoms with van der Waals surface area (Å²) < 4.78 is 0. The number of carbonyl (C=O) groups is 1. The van der Waals surface area contributed by atoms with Gasteiger partial charge in [0.05, 0.1) is 0 Å². The standard InChI is InChI=1S/C7H15NO2/c1-2-3-4-5-6-8(10)7-9/h7,10H,2-6H2,1H3. The number of rotatable bonds is 6. The van der Waals surface area contributed by atoms with E-state index in [-0.39, 0.29) is 0 Å². The first-order valence-electron chi connectivity index (χ1n) is 3.72. The Morgan fingerprint density at radius 3 is 2.60 bits per heavy atom. The van der Waals surface area contributed by atoms with Crippen LogP contribution in [0.15, 0.2) is 0 Å². The summed E-state index contributed by atoms with van der Waals surface area (Å²) in [4.78, 5) is 9.84. The van der Waals surface area contributed by atoms with E-state index in [0.717, 1.165) is 12.8 Å². The lowest BCUT2D eigenvalue weighted by atomic mass is 10.2. The van der Waals surface area contributed by atoms with Gasteiger partial charge in [0, 0.05) is 6.54 Å². The van der Waals surface area contributed by atoms with Gasteiger partial charge in [-0.25, -0.2) is 5.06 Å². The van der Waals surface area contributed by atoms with E-state index in [2.05, 4.69) is 6.92 Å². The maximum atomic E-state index is 9.84. The van der Waals surface area contributed by atoms with Crippen LogP contribution >= 0.6 is 0 Å². The van der Waals surface area contributed by atoms with Gasteiger partial charge in [-0.2, -0.15) is 0 Å². The number of carbonyl (C=O) groups excluding carboxylic acids is 1. The molecule has 0 heterocycles. The van der Waals surface area contributed by atoms with Crippen molar-refractivity contribution >= 4 is 6.41 Å². The van der Waals surface area contributed by atoms with Crippen molar-refractivity contribution in [3.63, 3.8) is 0 Å². The predicted octanol–water partition coefficient (Wildman–Crippen LogP) is 1.41. The van der Waals surface area contributed by atoms with E-state index in [4.69, 9.17) is 5.21 Å². The minimum atomic E-state index is 0.436. The van der Waals surface area contributed by atoms with Crippen LogP contribution in [0.2, 0.25) is 0 Å². The summed E-state index contributed by atoms with van der Waals surface area (Å²) in [6.45, 7) is 2.58. The molecule has 0 saturated heterocycles. The van der Waals surface area contributed by atoms with Gasteiger partial charge in [0.2, 0.25) is 6.41 Å². The maximum Gasteiger partial charge on any atom is 0.233 e. The van der Waals surface area contributed by atoms with Crippen LogP contribution in [0.1, 0.15) is 32.6 Å². The molecule has 3 heteroatoms. The Balaban J connectivity index is 2.95. The van der Waals surface area contributed by atoms with Gasteiger partial charge in [0.25, 0.3) is 0 Å². The van der Waals surface area contributed by atoms with Crippen molar-refractivity contribution in [2.75, 3.05) is 6.54 Å². The zero-order valence-corrected chi connectivity index (χ0v) is 6.42. The van der Waals surface area contributed by atoms with Crippen LogP contribution in [0.3, 0.4) is 0 Å². The SMILES string of the molecule is CCCCCCN(O)C=O. The third-order valence-electron chi connectivity index (χ3n) is 1.36. The van der Waals surface area contributed by atoms with Crippen molar-refractivity contribution in [3.8, 4) is 0 Å². The molecule has 0 fully saturated rings. The molecule has 0 aliphatic heterocycles. The topological polar surface area (TPSA) is 40.5 Å².